The van der Waals surface area contributed by atoms with Gasteiger partial charge in [-0.25, -0.2) is 0 Å². The van der Waals surface area contributed by atoms with Gasteiger partial charge in [-0.1, -0.05) is 11.2 Å². The van der Waals surface area contributed by atoms with Crippen LogP contribution in [0.2, 0.25) is 0 Å². The molecule has 0 fully saturated rings. The summed E-state index contributed by atoms with van der Waals surface area (Å²) in [5.41, 5.74) is 1.54. The number of fused-ring (bicyclic) bond motifs is 1. The lowest BCUT2D eigenvalue weighted by molar-refractivity contribution is 0.0907. The molecule has 4 aromatic rings. The van der Waals surface area contributed by atoms with Crippen LogP contribution in [0.3, 0.4) is 0 Å². The van der Waals surface area contributed by atoms with Crippen LogP contribution < -0.4 is 10.1 Å². The second kappa shape index (κ2) is 6.64. The zero-order valence-corrected chi connectivity index (χ0v) is 14.9. The van der Waals surface area contributed by atoms with Crippen LogP contribution in [0, 0.1) is 6.92 Å². The molecule has 1 aromatic carbocycles. The smallest absolute Gasteiger partial charge is 0.316 e. The number of hydrogen-bond acceptors (Lipinski definition) is 7. The highest BCUT2D eigenvalue weighted by Gasteiger charge is 2.21. The summed E-state index contributed by atoms with van der Waals surface area (Å²) in [5.74, 6) is 0.907. The number of aromatic nitrogens is 2. The number of ether oxygens (including phenoxy) is 1. The fourth-order valence-corrected chi connectivity index (χ4v) is 3.25. The topological polar surface area (TPSA) is 90.4 Å². The summed E-state index contributed by atoms with van der Waals surface area (Å²) in [6, 6.07) is 9.38. The molecule has 0 aliphatic heterocycles. The molecular formula is C18H15N3O4S. The van der Waals surface area contributed by atoms with Gasteiger partial charge in [0.2, 0.25) is 5.82 Å². The first-order valence-electron chi connectivity index (χ1n) is 7.87. The lowest BCUT2D eigenvalue weighted by Gasteiger charge is -1.98. The molecule has 3 heterocycles. The average Bonchev–Trinajstić information content (AvgIpc) is 3.40. The van der Waals surface area contributed by atoms with E-state index in [-0.39, 0.29) is 11.7 Å². The minimum Gasteiger partial charge on any atom is -0.497 e. The summed E-state index contributed by atoms with van der Waals surface area (Å²) in [6.07, 6.45) is 0. The van der Waals surface area contributed by atoms with Crippen molar-refractivity contribution in [3.8, 4) is 17.3 Å². The second-order valence-corrected chi connectivity index (χ2v) is 6.64. The number of rotatable bonds is 5. The average molecular weight is 369 g/mol. The van der Waals surface area contributed by atoms with Crippen LogP contribution in [0.5, 0.6) is 5.75 Å². The fraction of sp³-hybridized carbons (Fsp3) is 0.167. The zero-order valence-electron chi connectivity index (χ0n) is 14.1. The van der Waals surface area contributed by atoms with E-state index in [9.17, 15) is 4.79 Å². The van der Waals surface area contributed by atoms with E-state index in [4.69, 9.17) is 13.7 Å². The van der Waals surface area contributed by atoms with Crippen molar-refractivity contribution in [3.05, 3.63) is 52.0 Å². The minimum absolute atomic E-state index is 0.103. The molecule has 0 atom stereocenters. The van der Waals surface area contributed by atoms with Gasteiger partial charge >= 0.3 is 11.8 Å². The molecule has 1 N–H and O–H groups in total. The number of thiophene rings is 1. The summed E-state index contributed by atoms with van der Waals surface area (Å²) in [7, 11) is 1.61. The summed E-state index contributed by atoms with van der Waals surface area (Å²) < 4.78 is 16.2. The Bertz CT molecular complexity index is 1070. The van der Waals surface area contributed by atoms with Crippen LogP contribution in [0.4, 0.5) is 0 Å². The van der Waals surface area contributed by atoms with Crippen LogP contribution in [-0.4, -0.2) is 23.2 Å². The Balaban J connectivity index is 1.58. The van der Waals surface area contributed by atoms with E-state index in [0.717, 1.165) is 21.6 Å². The molecule has 0 saturated heterocycles. The standard InChI is InChI=1S/C18H15N3O4S/c1-10-13-8-11(23-2)5-6-14(13)24-15(10)16-20-18(25-21-16)17(22)19-9-12-4-3-7-26-12/h3-8H,9H2,1-2H3,(H,19,22). The molecule has 7 nitrogen and oxygen atoms in total. The van der Waals surface area contributed by atoms with Crippen LogP contribution in [-0.2, 0) is 6.54 Å². The Morgan fingerprint density at radius 3 is 3.00 bits per heavy atom. The lowest BCUT2D eigenvalue weighted by atomic mass is 10.1. The number of carbonyl (C=O) groups is 1. The van der Waals surface area contributed by atoms with Crippen LogP contribution >= 0.6 is 11.3 Å². The molecule has 4 rings (SSSR count). The molecule has 1 amide bonds. The third-order valence-corrected chi connectivity index (χ3v) is 4.85. The molecule has 8 heteroatoms. The number of carbonyl (C=O) groups excluding carboxylic acids is 1. The number of benzene rings is 1. The largest absolute Gasteiger partial charge is 0.497 e. The third kappa shape index (κ3) is 2.95. The van der Waals surface area contributed by atoms with Crippen molar-refractivity contribution >= 4 is 28.2 Å². The minimum atomic E-state index is -0.424. The van der Waals surface area contributed by atoms with E-state index in [1.807, 2.05) is 42.6 Å². The van der Waals surface area contributed by atoms with E-state index in [1.54, 1.807) is 18.4 Å². The summed E-state index contributed by atoms with van der Waals surface area (Å²) >= 11 is 1.56. The van der Waals surface area contributed by atoms with Crippen molar-refractivity contribution in [2.45, 2.75) is 13.5 Å². The Labute approximate surface area is 152 Å². The number of methoxy groups -OCH3 is 1. The summed E-state index contributed by atoms with van der Waals surface area (Å²) in [6.45, 7) is 2.31. The highest BCUT2D eigenvalue weighted by Crippen LogP contribution is 2.33. The normalized spacial score (nSPS) is 11.0. The van der Waals surface area contributed by atoms with Gasteiger partial charge in [-0.2, -0.15) is 4.98 Å². The first-order chi connectivity index (χ1) is 12.7. The van der Waals surface area contributed by atoms with Gasteiger partial charge in [0.1, 0.15) is 11.3 Å². The van der Waals surface area contributed by atoms with Crippen molar-refractivity contribution in [2.75, 3.05) is 7.11 Å². The predicted molar refractivity (Wildman–Crippen MR) is 96.3 cm³/mol. The molecule has 0 saturated carbocycles. The Morgan fingerprint density at radius 1 is 1.35 bits per heavy atom. The van der Waals surface area contributed by atoms with E-state index in [2.05, 4.69) is 15.5 Å². The van der Waals surface area contributed by atoms with Gasteiger partial charge in [0.15, 0.2) is 5.76 Å². The van der Waals surface area contributed by atoms with Gasteiger partial charge in [0, 0.05) is 15.8 Å². The Morgan fingerprint density at radius 2 is 2.23 bits per heavy atom. The molecule has 0 spiro atoms. The number of hydrogen-bond donors (Lipinski definition) is 1. The highest BCUT2D eigenvalue weighted by atomic mass is 32.1. The van der Waals surface area contributed by atoms with Crippen molar-refractivity contribution in [2.24, 2.45) is 0 Å². The maximum Gasteiger partial charge on any atom is 0.316 e. The van der Waals surface area contributed by atoms with Gasteiger partial charge in [-0.15, -0.1) is 11.3 Å². The van der Waals surface area contributed by atoms with Gasteiger partial charge in [0.05, 0.1) is 13.7 Å². The van der Waals surface area contributed by atoms with E-state index < -0.39 is 5.91 Å². The van der Waals surface area contributed by atoms with Gasteiger partial charge in [-0.05, 0) is 36.6 Å². The van der Waals surface area contributed by atoms with Gasteiger partial charge in [0.25, 0.3) is 0 Å². The molecule has 0 aliphatic rings. The number of furan rings is 1. The zero-order chi connectivity index (χ0) is 18.1. The molecular weight excluding hydrogens is 354 g/mol. The predicted octanol–water partition coefficient (Wildman–Crippen LogP) is 3.79. The molecule has 0 radical (unpaired) electrons. The highest BCUT2D eigenvalue weighted by molar-refractivity contribution is 7.09. The van der Waals surface area contributed by atoms with Crippen molar-refractivity contribution in [3.63, 3.8) is 0 Å². The number of nitrogens with zero attached hydrogens (tertiary/aromatic N) is 2. The van der Waals surface area contributed by atoms with E-state index in [1.165, 1.54) is 0 Å². The second-order valence-electron chi connectivity index (χ2n) is 5.60. The number of aryl methyl sites for hydroxylation is 1. The van der Waals surface area contributed by atoms with Gasteiger partial charge in [-0.3, -0.25) is 4.79 Å². The molecule has 0 unspecified atom stereocenters. The lowest BCUT2D eigenvalue weighted by Crippen LogP contribution is -2.22. The summed E-state index contributed by atoms with van der Waals surface area (Å²) in [4.78, 5) is 17.4. The van der Waals surface area contributed by atoms with Crippen molar-refractivity contribution in [1.82, 2.24) is 15.5 Å². The molecule has 0 bridgehead atoms. The van der Waals surface area contributed by atoms with E-state index in [0.29, 0.717) is 17.9 Å². The van der Waals surface area contributed by atoms with E-state index >= 15 is 0 Å². The molecule has 26 heavy (non-hydrogen) atoms. The maximum absolute atomic E-state index is 12.2. The third-order valence-electron chi connectivity index (χ3n) is 3.97. The van der Waals surface area contributed by atoms with Crippen LogP contribution in [0.1, 0.15) is 21.1 Å². The fourth-order valence-electron chi connectivity index (χ4n) is 2.60. The maximum atomic E-state index is 12.2. The SMILES string of the molecule is COc1ccc2oc(-c3noc(C(=O)NCc4cccs4)n3)c(C)c2c1. The number of nitrogens with one attached hydrogen (secondary N) is 1. The quantitative estimate of drug-likeness (QED) is 0.575. The van der Waals surface area contributed by atoms with Crippen molar-refractivity contribution < 1.29 is 18.5 Å². The monoisotopic (exact) mass is 369 g/mol. The summed E-state index contributed by atoms with van der Waals surface area (Å²) in [5, 5.41) is 9.48. The number of amides is 1. The first kappa shape index (κ1) is 16.3. The molecule has 132 valence electrons. The molecule has 0 aliphatic carbocycles. The Kier molecular flexibility index (Phi) is 4.18. The first-order valence-corrected chi connectivity index (χ1v) is 8.75. The van der Waals surface area contributed by atoms with Crippen LogP contribution in [0.25, 0.3) is 22.6 Å². The van der Waals surface area contributed by atoms with Crippen molar-refractivity contribution in [1.29, 1.82) is 0 Å². The van der Waals surface area contributed by atoms with Gasteiger partial charge < -0.3 is 19.0 Å². The Hall–Kier alpha value is -3.13. The molecule has 3 aromatic heterocycles. The van der Waals surface area contributed by atoms with Crippen LogP contribution in [0.15, 0.2) is 44.7 Å².